The predicted octanol–water partition coefficient (Wildman–Crippen LogP) is 4.44. The molecule has 3 aromatic carbocycles. The van der Waals surface area contributed by atoms with E-state index < -0.39 is 0 Å². The first-order valence-corrected chi connectivity index (χ1v) is 13.8. The smallest absolute Gasteiger partial charge is 0.233 e. The zero-order chi connectivity index (χ0) is 28.1. The van der Waals surface area contributed by atoms with Gasteiger partial charge < -0.3 is 44.4 Å². The van der Waals surface area contributed by atoms with Crippen molar-refractivity contribution >= 4 is 34.9 Å². The minimum Gasteiger partial charge on any atom is -0.491 e. The van der Waals surface area contributed by atoms with Crippen LogP contribution in [0.4, 0.5) is 34.9 Å². The second-order valence-corrected chi connectivity index (χ2v) is 10.1. The predicted molar refractivity (Wildman–Crippen MR) is 155 cm³/mol. The molecular weight excluding hydrogens is 540 g/mol. The van der Waals surface area contributed by atoms with Gasteiger partial charge in [-0.05, 0) is 72.8 Å². The highest BCUT2D eigenvalue weighted by Gasteiger charge is 2.24. The standard InChI is InChI=1S/C30H30N6O6/c1-7-22(37-13-25-16-40-25)8-2-19(1)31-28-34-29(32-20-3-9-23(10-4-20)38-14-26-17-41-26)36-30(35-28)33-21-5-11-24(12-6-21)39-15-27-18-42-27/h1-12,25-27H,13-18H2,(H3,31,32,33,34,35,36). The van der Waals surface area contributed by atoms with E-state index in [2.05, 4.69) is 30.9 Å². The number of nitrogens with zero attached hydrogens (tertiary/aromatic N) is 3. The normalized spacial score (nSPS) is 19.9. The number of rotatable bonds is 15. The van der Waals surface area contributed by atoms with Crippen molar-refractivity contribution in [2.24, 2.45) is 0 Å². The van der Waals surface area contributed by atoms with Gasteiger partial charge in [0.25, 0.3) is 0 Å². The molecule has 3 aliphatic rings. The monoisotopic (exact) mass is 570 g/mol. The number of hydrogen-bond acceptors (Lipinski definition) is 12. The van der Waals surface area contributed by atoms with E-state index in [4.69, 9.17) is 28.4 Å². The molecule has 3 unspecified atom stereocenters. The molecule has 1 aromatic heterocycles. The number of anilines is 6. The fraction of sp³-hybridized carbons (Fsp3) is 0.300. The third-order valence-electron chi connectivity index (χ3n) is 6.48. The molecular formula is C30H30N6O6. The average molecular weight is 571 g/mol. The lowest BCUT2D eigenvalue weighted by Gasteiger charge is -2.13. The fourth-order valence-corrected chi connectivity index (χ4v) is 3.89. The average Bonchev–Trinajstić information content (AvgIpc) is 3.86. The molecule has 0 saturated carbocycles. The van der Waals surface area contributed by atoms with E-state index in [1.165, 1.54) is 0 Å². The van der Waals surface area contributed by atoms with E-state index in [-0.39, 0.29) is 18.3 Å². The van der Waals surface area contributed by atoms with Crippen LogP contribution in [0.15, 0.2) is 72.8 Å². The van der Waals surface area contributed by atoms with Gasteiger partial charge in [0.1, 0.15) is 55.4 Å². The van der Waals surface area contributed by atoms with Crippen LogP contribution in [-0.2, 0) is 14.2 Å². The van der Waals surface area contributed by atoms with Gasteiger partial charge in [0.05, 0.1) is 19.8 Å². The lowest BCUT2D eigenvalue weighted by atomic mass is 10.3. The zero-order valence-electron chi connectivity index (χ0n) is 22.7. The van der Waals surface area contributed by atoms with Crippen molar-refractivity contribution in [3.05, 3.63) is 72.8 Å². The molecule has 0 spiro atoms. The summed E-state index contributed by atoms with van der Waals surface area (Å²) in [7, 11) is 0. The number of aromatic nitrogens is 3. The molecule has 0 bridgehead atoms. The summed E-state index contributed by atoms with van der Waals surface area (Å²) in [5.74, 6) is 3.40. The van der Waals surface area contributed by atoms with Crippen LogP contribution in [0.25, 0.3) is 0 Å². The molecule has 3 saturated heterocycles. The van der Waals surface area contributed by atoms with Gasteiger partial charge in [-0.1, -0.05) is 0 Å². The highest BCUT2D eigenvalue weighted by molar-refractivity contribution is 5.62. The maximum atomic E-state index is 5.74. The molecule has 4 heterocycles. The quantitative estimate of drug-likeness (QED) is 0.174. The van der Waals surface area contributed by atoms with Gasteiger partial charge in [0, 0.05) is 17.1 Å². The lowest BCUT2D eigenvalue weighted by Crippen LogP contribution is -2.08. The van der Waals surface area contributed by atoms with E-state index in [1.54, 1.807) is 0 Å². The van der Waals surface area contributed by atoms with Gasteiger partial charge in [-0.15, -0.1) is 0 Å². The first-order chi connectivity index (χ1) is 20.7. The van der Waals surface area contributed by atoms with Gasteiger partial charge in [0.2, 0.25) is 17.8 Å². The summed E-state index contributed by atoms with van der Waals surface area (Å²) in [4.78, 5) is 13.8. The Bertz CT molecular complexity index is 1280. The van der Waals surface area contributed by atoms with Gasteiger partial charge in [-0.2, -0.15) is 15.0 Å². The summed E-state index contributed by atoms with van der Waals surface area (Å²) >= 11 is 0. The highest BCUT2D eigenvalue weighted by atomic mass is 16.6. The van der Waals surface area contributed by atoms with Crippen LogP contribution < -0.4 is 30.2 Å². The molecule has 3 N–H and O–H groups in total. The van der Waals surface area contributed by atoms with E-state index in [0.717, 1.165) is 54.1 Å². The van der Waals surface area contributed by atoms with E-state index in [9.17, 15) is 0 Å². The second kappa shape index (κ2) is 12.1. The molecule has 7 rings (SSSR count). The molecule has 12 nitrogen and oxygen atoms in total. The molecule has 42 heavy (non-hydrogen) atoms. The van der Waals surface area contributed by atoms with Crippen molar-refractivity contribution in [1.29, 1.82) is 0 Å². The Morgan fingerprint density at radius 3 is 0.976 bits per heavy atom. The number of epoxide rings is 3. The Labute approximate surface area is 242 Å². The summed E-state index contributed by atoms with van der Waals surface area (Å²) < 4.78 is 32.8. The maximum Gasteiger partial charge on any atom is 0.233 e. The zero-order valence-corrected chi connectivity index (χ0v) is 22.7. The Morgan fingerprint density at radius 1 is 0.476 bits per heavy atom. The number of benzene rings is 3. The van der Waals surface area contributed by atoms with Gasteiger partial charge >= 0.3 is 0 Å². The first kappa shape index (κ1) is 26.3. The fourth-order valence-electron chi connectivity index (χ4n) is 3.89. The molecule has 216 valence electrons. The second-order valence-electron chi connectivity index (χ2n) is 10.1. The third kappa shape index (κ3) is 7.75. The van der Waals surface area contributed by atoms with E-state index in [0.29, 0.717) is 37.7 Å². The van der Waals surface area contributed by atoms with Crippen LogP contribution in [0.3, 0.4) is 0 Å². The summed E-state index contributed by atoms with van der Waals surface area (Å²) in [6.07, 6.45) is 0.603. The Balaban J connectivity index is 1.05. The molecule has 3 fully saturated rings. The molecule has 0 aliphatic carbocycles. The van der Waals surface area contributed by atoms with Crippen LogP contribution in [-0.4, -0.2) is 72.9 Å². The summed E-state index contributed by atoms with van der Waals surface area (Å²) in [6.45, 7) is 3.92. The SMILES string of the molecule is c1cc(OCC2CO2)ccc1Nc1nc(Nc2ccc(OCC3CO3)cc2)nc(Nc2ccc(OCC3CO3)cc2)n1. The minimum atomic E-state index is 0.201. The number of nitrogens with one attached hydrogen (secondary N) is 3. The van der Waals surface area contributed by atoms with Crippen molar-refractivity contribution in [3.8, 4) is 17.2 Å². The van der Waals surface area contributed by atoms with Crippen molar-refractivity contribution in [3.63, 3.8) is 0 Å². The topological polar surface area (TPSA) is 140 Å². The lowest BCUT2D eigenvalue weighted by molar-refractivity contribution is 0.263. The number of ether oxygens (including phenoxy) is 6. The maximum absolute atomic E-state index is 5.74. The molecule has 3 aliphatic heterocycles. The molecule has 3 atom stereocenters. The largest absolute Gasteiger partial charge is 0.491 e. The van der Waals surface area contributed by atoms with Crippen molar-refractivity contribution in [1.82, 2.24) is 15.0 Å². The van der Waals surface area contributed by atoms with Crippen LogP contribution in [0.5, 0.6) is 17.2 Å². The molecule has 12 heteroatoms. The Hall–Kier alpha value is -4.65. The molecule has 0 amide bonds. The molecule has 0 radical (unpaired) electrons. The highest BCUT2D eigenvalue weighted by Crippen LogP contribution is 2.25. The van der Waals surface area contributed by atoms with Crippen molar-refractivity contribution < 1.29 is 28.4 Å². The van der Waals surface area contributed by atoms with Crippen LogP contribution in [0.2, 0.25) is 0 Å². The Kier molecular flexibility index (Phi) is 7.55. The van der Waals surface area contributed by atoms with Crippen molar-refractivity contribution in [2.75, 3.05) is 55.6 Å². The van der Waals surface area contributed by atoms with Crippen LogP contribution in [0.1, 0.15) is 0 Å². The number of hydrogen-bond donors (Lipinski definition) is 3. The van der Waals surface area contributed by atoms with Gasteiger partial charge in [-0.25, -0.2) is 0 Å². The minimum absolute atomic E-state index is 0.201. The summed E-state index contributed by atoms with van der Waals surface area (Å²) in [5.41, 5.74) is 2.40. The van der Waals surface area contributed by atoms with E-state index >= 15 is 0 Å². The molecule has 4 aromatic rings. The van der Waals surface area contributed by atoms with Crippen molar-refractivity contribution in [2.45, 2.75) is 18.3 Å². The summed E-state index contributed by atoms with van der Waals surface area (Å²) in [6, 6.07) is 22.8. The van der Waals surface area contributed by atoms with E-state index in [1.807, 2.05) is 72.8 Å². The summed E-state index contributed by atoms with van der Waals surface area (Å²) in [5, 5.41) is 9.78. The van der Waals surface area contributed by atoms with Crippen LogP contribution in [0, 0.1) is 0 Å². The van der Waals surface area contributed by atoms with Gasteiger partial charge in [0.15, 0.2) is 0 Å². The van der Waals surface area contributed by atoms with Gasteiger partial charge in [-0.3, -0.25) is 0 Å². The first-order valence-electron chi connectivity index (χ1n) is 13.8. The van der Waals surface area contributed by atoms with Crippen LogP contribution >= 0.6 is 0 Å². The Morgan fingerprint density at radius 2 is 0.738 bits per heavy atom. The third-order valence-corrected chi connectivity index (χ3v) is 6.48.